The van der Waals surface area contributed by atoms with Crippen molar-refractivity contribution in [2.24, 2.45) is 5.92 Å². The van der Waals surface area contributed by atoms with E-state index in [1.807, 2.05) is 6.92 Å². The first-order valence-corrected chi connectivity index (χ1v) is 7.73. The van der Waals surface area contributed by atoms with Crippen LogP contribution in [-0.2, 0) is 17.8 Å². The molecule has 1 heterocycles. The van der Waals surface area contributed by atoms with Crippen molar-refractivity contribution in [3.05, 3.63) is 23.7 Å². The molecule has 0 spiro atoms. The predicted molar refractivity (Wildman–Crippen MR) is 82.7 cm³/mol. The lowest BCUT2D eigenvalue weighted by Gasteiger charge is -2.19. The molecule has 0 atom stereocenters. The smallest absolute Gasteiger partial charge is 0.122 e. The molecular formula is C16H30N2O2. The van der Waals surface area contributed by atoms with Crippen LogP contribution >= 0.6 is 0 Å². The van der Waals surface area contributed by atoms with Gasteiger partial charge in [-0.15, -0.1) is 0 Å². The number of furan rings is 1. The third-order valence-corrected chi connectivity index (χ3v) is 3.28. The molecule has 4 nitrogen and oxygen atoms in total. The topological polar surface area (TPSA) is 37.6 Å². The minimum atomic E-state index is 0.670. The molecule has 1 aromatic heterocycles. The van der Waals surface area contributed by atoms with Crippen LogP contribution in [0.3, 0.4) is 0 Å². The molecule has 0 aliphatic carbocycles. The molecule has 0 unspecified atom stereocenters. The van der Waals surface area contributed by atoms with Crippen LogP contribution in [0.25, 0.3) is 0 Å². The quantitative estimate of drug-likeness (QED) is 0.633. The summed E-state index contributed by atoms with van der Waals surface area (Å²) in [4.78, 5) is 2.35. The standard InChI is InChI=1S/C16H30N2O2/c1-5-18(8-10-19-6-2)13-16-15(7-9-20-16)12-17-11-14(3)4/h7,9,14,17H,5-6,8,10-13H2,1-4H3. The van der Waals surface area contributed by atoms with E-state index in [9.17, 15) is 0 Å². The van der Waals surface area contributed by atoms with Crippen molar-refractivity contribution in [2.75, 3.05) is 32.8 Å². The number of rotatable bonds is 11. The summed E-state index contributed by atoms with van der Waals surface area (Å²) in [6.07, 6.45) is 1.79. The van der Waals surface area contributed by atoms with Crippen LogP contribution in [0.4, 0.5) is 0 Å². The highest BCUT2D eigenvalue weighted by molar-refractivity contribution is 5.16. The van der Waals surface area contributed by atoms with Crippen molar-refractivity contribution in [3.63, 3.8) is 0 Å². The molecule has 1 aromatic rings. The van der Waals surface area contributed by atoms with Gasteiger partial charge in [0.15, 0.2) is 0 Å². The predicted octanol–water partition coefficient (Wildman–Crippen LogP) is 2.88. The van der Waals surface area contributed by atoms with Gasteiger partial charge in [-0.3, -0.25) is 4.90 Å². The van der Waals surface area contributed by atoms with E-state index in [0.29, 0.717) is 5.92 Å². The second-order valence-corrected chi connectivity index (χ2v) is 5.46. The van der Waals surface area contributed by atoms with Crippen molar-refractivity contribution >= 4 is 0 Å². The van der Waals surface area contributed by atoms with Crippen LogP contribution in [0.5, 0.6) is 0 Å². The summed E-state index contributed by atoms with van der Waals surface area (Å²) in [6.45, 7) is 14.9. The van der Waals surface area contributed by atoms with Gasteiger partial charge in [-0.05, 0) is 32.0 Å². The molecule has 0 amide bonds. The summed E-state index contributed by atoms with van der Waals surface area (Å²) in [7, 11) is 0. The lowest BCUT2D eigenvalue weighted by molar-refractivity contribution is 0.110. The maximum atomic E-state index is 5.64. The highest BCUT2D eigenvalue weighted by Gasteiger charge is 2.11. The van der Waals surface area contributed by atoms with Crippen LogP contribution in [-0.4, -0.2) is 37.7 Å². The van der Waals surface area contributed by atoms with Gasteiger partial charge in [0.2, 0.25) is 0 Å². The average molecular weight is 282 g/mol. The Morgan fingerprint density at radius 3 is 2.80 bits per heavy atom. The zero-order valence-electron chi connectivity index (χ0n) is 13.4. The fourth-order valence-electron chi connectivity index (χ4n) is 2.05. The molecule has 0 radical (unpaired) electrons. The molecule has 0 saturated carbocycles. The molecule has 0 aliphatic rings. The molecular weight excluding hydrogens is 252 g/mol. The summed E-state index contributed by atoms with van der Waals surface area (Å²) in [6, 6.07) is 2.07. The SMILES string of the molecule is CCOCCN(CC)Cc1occc1CNCC(C)C. The van der Waals surface area contributed by atoms with Gasteiger partial charge < -0.3 is 14.5 Å². The van der Waals surface area contributed by atoms with Crippen LogP contribution < -0.4 is 5.32 Å². The molecule has 1 rings (SSSR count). The van der Waals surface area contributed by atoms with Gasteiger partial charge in [0, 0.05) is 25.3 Å². The Hall–Kier alpha value is -0.840. The average Bonchev–Trinajstić information content (AvgIpc) is 2.85. The summed E-state index contributed by atoms with van der Waals surface area (Å²) in [5, 5.41) is 3.47. The summed E-state index contributed by atoms with van der Waals surface area (Å²) in [5.74, 6) is 1.74. The molecule has 0 saturated heterocycles. The number of likely N-dealkylation sites (N-methyl/N-ethyl adjacent to an activating group) is 1. The van der Waals surface area contributed by atoms with Crippen LogP contribution in [0.15, 0.2) is 16.7 Å². The molecule has 20 heavy (non-hydrogen) atoms. The number of hydrogen-bond acceptors (Lipinski definition) is 4. The number of nitrogens with zero attached hydrogens (tertiary/aromatic N) is 1. The van der Waals surface area contributed by atoms with E-state index < -0.39 is 0 Å². The molecule has 1 N–H and O–H groups in total. The van der Waals surface area contributed by atoms with Crippen LogP contribution in [0.2, 0.25) is 0 Å². The minimum Gasteiger partial charge on any atom is -0.468 e. The zero-order valence-corrected chi connectivity index (χ0v) is 13.4. The second kappa shape index (κ2) is 9.97. The molecule has 0 fully saturated rings. The van der Waals surface area contributed by atoms with Gasteiger partial charge in [0.25, 0.3) is 0 Å². The van der Waals surface area contributed by atoms with Gasteiger partial charge in [-0.25, -0.2) is 0 Å². The zero-order chi connectivity index (χ0) is 14.8. The molecule has 0 aromatic carbocycles. The molecule has 0 bridgehead atoms. The Labute approximate surface area is 123 Å². The van der Waals surface area contributed by atoms with Gasteiger partial charge in [-0.2, -0.15) is 0 Å². The van der Waals surface area contributed by atoms with Crippen molar-refractivity contribution in [2.45, 2.75) is 40.8 Å². The summed E-state index contributed by atoms with van der Waals surface area (Å²) >= 11 is 0. The van der Waals surface area contributed by atoms with Gasteiger partial charge in [0.1, 0.15) is 5.76 Å². The first-order chi connectivity index (χ1) is 9.67. The third-order valence-electron chi connectivity index (χ3n) is 3.28. The minimum absolute atomic E-state index is 0.670. The maximum absolute atomic E-state index is 5.64. The van der Waals surface area contributed by atoms with E-state index >= 15 is 0 Å². The fourth-order valence-corrected chi connectivity index (χ4v) is 2.05. The third kappa shape index (κ3) is 6.55. The van der Waals surface area contributed by atoms with E-state index in [-0.39, 0.29) is 0 Å². The van der Waals surface area contributed by atoms with E-state index in [1.165, 1.54) is 5.56 Å². The first kappa shape index (κ1) is 17.2. The van der Waals surface area contributed by atoms with Crippen molar-refractivity contribution in [3.8, 4) is 0 Å². The van der Waals surface area contributed by atoms with Crippen molar-refractivity contribution in [1.29, 1.82) is 0 Å². The van der Waals surface area contributed by atoms with Gasteiger partial charge in [-0.1, -0.05) is 20.8 Å². The number of hydrogen-bond donors (Lipinski definition) is 1. The van der Waals surface area contributed by atoms with Crippen LogP contribution in [0.1, 0.15) is 39.0 Å². The van der Waals surface area contributed by atoms with Gasteiger partial charge in [0.05, 0.1) is 19.4 Å². The first-order valence-electron chi connectivity index (χ1n) is 7.73. The second-order valence-electron chi connectivity index (χ2n) is 5.46. The Kier molecular flexibility index (Phi) is 8.58. The maximum Gasteiger partial charge on any atom is 0.122 e. The fraction of sp³-hybridized carbons (Fsp3) is 0.750. The molecule has 4 heteroatoms. The monoisotopic (exact) mass is 282 g/mol. The van der Waals surface area contributed by atoms with Crippen molar-refractivity contribution in [1.82, 2.24) is 10.2 Å². The van der Waals surface area contributed by atoms with Gasteiger partial charge >= 0.3 is 0 Å². The Balaban J connectivity index is 2.43. The lowest BCUT2D eigenvalue weighted by atomic mass is 10.2. The summed E-state index contributed by atoms with van der Waals surface area (Å²) in [5.41, 5.74) is 1.26. The Morgan fingerprint density at radius 1 is 1.35 bits per heavy atom. The largest absolute Gasteiger partial charge is 0.468 e. The van der Waals surface area contributed by atoms with Crippen molar-refractivity contribution < 1.29 is 9.15 Å². The highest BCUT2D eigenvalue weighted by Crippen LogP contribution is 2.13. The lowest BCUT2D eigenvalue weighted by Crippen LogP contribution is -2.27. The molecule has 116 valence electrons. The van der Waals surface area contributed by atoms with E-state index in [0.717, 1.165) is 51.7 Å². The van der Waals surface area contributed by atoms with E-state index in [2.05, 4.69) is 37.1 Å². The Morgan fingerprint density at radius 2 is 2.15 bits per heavy atom. The van der Waals surface area contributed by atoms with E-state index in [1.54, 1.807) is 6.26 Å². The number of ether oxygens (including phenoxy) is 1. The Bertz CT molecular complexity index is 350. The van der Waals surface area contributed by atoms with E-state index in [4.69, 9.17) is 9.15 Å². The molecule has 0 aliphatic heterocycles. The normalized spacial score (nSPS) is 11.7. The number of nitrogens with one attached hydrogen (secondary N) is 1. The highest BCUT2D eigenvalue weighted by atomic mass is 16.5. The summed E-state index contributed by atoms with van der Waals surface area (Å²) < 4.78 is 11.1. The van der Waals surface area contributed by atoms with Crippen LogP contribution in [0, 0.1) is 5.92 Å².